The minimum atomic E-state index is -1.13. The Morgan fingerprint density at radius 1 is 1.28 bits per heavy atom. The van der Waals surface area contributed by atoms with E-state index in [0.29, 0.717) is 47.2 Å². The number of pyridine rings is 1. The van der Waals surface area contributed by atoms with E-state index in [1.54, 1.807) is 17.0 Å². The summed E-state index contributed by atoms with van der Waals surface area (Å²) < 4.78 is 23.2. The Labute approximate surface area is 252 Å². The number of carbonyl (C=O) groups excluding carboxylic acids is 2. The molecule has 8 nitrogen and oxygen atoms in total. The molecule has 2 atom stereocenters. The molecule has 3 aliphatic rings. The molecule has 0 aliphatic carbocycles. The molecule has 10 heteroatoms. The van der Waals surface area contributed by atoms with E-state index >= 15 is 4.39 Å². The molecule has 2 amide bonds. The highest BCUT2D eigenvalue weighted by atomic mass is 35.5. The maximum atomic E-state index is 16.9. The van der Waals surface area contributed by atoms with Gasteiger partial charge in [0, 0.05) is 35.6 Å². The molecule has 220 valence electrons. The van der Waals surface area contributed by atoms with Gasteiger partial charge in [-0.25, -0.2) is 9.37 Å². The number of amides is 2. The van der Waals surface area contributed by atoms with Crippen LogP contribution in [0.4, 0.5) is 10.1 Å². The summed E-state index contributed by atoms with van der Waals surface area (Å²) in [5.41, 5.74) is 0.305. The van der Waals surface area contributed by atoms with Crippen LogP contribution in [0, 0.1) is 5.82 Å². The lowest BCUT2D eigenvalue weighted by Gasteiger charge is -2.25. The fraction of sp³-hybridized carbons (Fsp3) is 0.303. The third-order valence-corrected chi connectivity index (χ3v) is 9.54. The Morgan fingerprint density at radius 2 is 2.09 bits per heavy atom. The molecule has 1 spiro atoms. The van der Waals surface area contributed by atoms with Gasteiger partial charge in [0.25, 0.3) is 0 Å². The predicted octanol–water partition coefficient (Wildman–Crippen LogP) is 5.63. The minimum Gasteiger partial charge on any atom is -0.508 e. The van der Waals surface area contributed by atoms with Crippen LogP contribution < -0.4 is 10.1 Å². The molecule has 4 aromatic rings. The van der Waals surface area contributed by atoms with Crippen molar-refractivity contribution in [1.29, 1.82) is 0 Å². The highest BCUT2D eigenvalue weighted by Crippen LogP contribution is 2.52. The molecule has 2 saturated heterocycles. The van der Waals surface area contributed by atoms with Gasteiger partial charge in [-0.05, 0) is 73.5 Å². The van der Waals surface area contributed by atoms with Crippen LogP contribution in [0.5, 0.6) is 11.6 Å². The summed E-state index contributed by atoms with van der Waals surface area (Å²) in [6.45, 7) is 5.33. The fourth-order valence-corrected chi connectivity index (χ4v) is 7.30. The number of ether oxygens (including phenoxy) is 1. The van der Waals surface area contributed by atoms with Crippen molar-refractivity contribution in [2.24, 2.45) is 0 Å². The van der Waals surface area contributed by atoms with Crippen molar-refractivity contribution in [3.63, 3.8) is 0 Å². The van der Waals surface area contributed by atoms with Crippen LogP contribution in [0.1, 0.15) is 24.8 Å². The lowest BCUT2D eigenvalue weighted by molar-refractivity contribution is -0.125. The molecule has 3 aliphatic heterocycles. The molecule has 2 fully saturated rings. The van der Waals surface area contributed by atoms with E-state index in [1.165, 1.54) is 12.1 Å². The van der Waals surface area contributed by atoms with Gasteiger partial charge in [0.05, 0.1) is 10.4 Å². The smallest absolute Gasteiger partial charge is 0.245 e. The van der Waals surface area contributed by atoms with E-state index < -0.39 is 11.2 Å². The zero-order valence-corrected chi connectivity index (χ0v) is 24.4. The zero-order chi connectivity index (χ0) is 30.0. The monoisotopic (exact) mass is 600 g/mol. The third kappa shape index (κ3) is 4.24. The van der Waals surface area contributed by atoms with Crippen molar-refractivity contribution >= 4 is 50.8 Å². The Morgan fingerprint density at radius 3 is 2.86 bits per heavy atom. The van der Waals surface area contributed by atoms with E-state index in [9.17, 15) is 14.7 Å². The number of likely N-dealkylation sites (N-methyl/N-ethyl adjacent to an activating group) is 1. The van der Waals surface area contributed by atoms with E-state index in [4.69, 9.17) is 16.3 Å². The molecule has 0 saturated carbocycles. The number of fused-ring (bicyclic) bond motifs is 5. The molecule has 1 unspecified atom stereocenters. The third-order valence-electron chi connectivity index (χ3n) is 9.25. The number of nitrogens with one attached hydrogen (secondary N) is 1. The van der Waals surface area contributed by atoms with Crippen molar-refractivity contribution in [3.8, 4) is 22.8 Å². The van der Waals surface area contributed by atoms with Gasteiger partial charge in [-0.2, -0.15) is 0 Å². The van der Waals surface area contributed by atoms with Crippen LogP contribution in [0.25, 0.3) is 32.8 Å². The van der Waals surface area contributed by atoms with Gasteiger partial charge < -0.3 is 25.0 Å². The average molecular weight is 601 g/mol. The fourth-order valence-electron chi connectivity index (χ4n) is 7.00. The largest absolute Gasteiger partial charge is 0.508 e. The number of aromatic nitrogens is 1. The SMILES string of the molecule is C=CC(=O)N1CCC2(C1)C(=O)Nc1c(OC[C@@H]3CCCN3C)nc3c(F)c(-c4cc(O)cc5ccccc45)c(Cl)cc3c12. The second kappa shape index (κ2) is 10.2. The van der Waals surface area contributed by atoms with Crippen LogP contribution in [0.15, 0.2) is 55.1 Å². The number of hydrogen-bond donors (Lipinski definition) is 2. The van der Waals surface area contributed by atoms with Crippen molar-refractivity contribution in [3.05, 3.63) is 71.5 Å². The number of phenols is 1. The summed E-state index contributed by atoms with van der Waals surface area (Å²) in [6, 6.07) is 12.2. The molecule has 4 heterocycles. The van der Waals surface area contributed by atoms with Crippen LogP contribution in [0.3, 0.4) is 0 Å². The Bertz CT molecular complexity index is 1860. The van der Waals surface area contributed by atoms with Crippen molar-refractivity contribution < 1.29 is 23.8 Å². The van der Waals surface area contributed by atoms with E-state index in [1.807, 2.05) is 31.3 Å². The number of halogens is 2. The maximum absolute atomic E-state index is 16.9. The van der Waals surface area contributed by atoms with Gasteiger partial charge in [-0.3, -0.25) is 9.59 Å². The predicted molar refractivity (Wildman–Crippen MR) is 164 cm³/mol. The first kappa shape index (κ1) is 27.6. The molecule has 3 aromatic carbocycles. The molecular formula is C33H30ClFN4O4. The van der Waals surface area contributed by atoms with Crippen LogP contribution in [-0.2, 0) is 15.0 Å². The van der Waals surface area contributed by atoms with Crippen molar-refractivity contribution in [2.45, 2.75) is 30.7 Å². The molecule has 1 aromatic heterocycles. The number of carbonyl (C=O) groups is 2. The molecular weight excluding hydrogens is 571 g/mol. The molecule has 2 N–H and O–H groups in total. The Kier molecular flexibility index (Phi) is 6.55. The lowest BCUT2D eigenvalue weighted by atomic mass is 9.79. The highest BCUT2D eigenvalue weighted by molar-refractivity contribution is 6.35. The zero-order valence-electron chi connectivity index (χ0n) is 23.6. The number of nitrogens with zero attached hydrogens (tertiary/aromatic N) is 3. The number of anilines is 1. The molecule has 0 radical (unpaired) electrons. The number of hydrogen-bond acceptors (Lipinski definition) is 6. The summed E-state index contributed by atoms with van der Waals surface area (Å²) in [5, 5.41) is 15.4. The molecule has 7 rings (SSSR count). The van der Waals surface area contributed by atoms with Gasteiger partial charge in [0.1, 0.15) is 23.6 Å². The first-order chi connectivity index (χ1) is 20.7. The van der Waals surface area contributed by atoms with Crippen LogP contribution in [-0.4, -0.2) is 71.0 Å². The summed E-state index contributed by atoms with van der Waals surface area (Å²) >= 11 is 6.86. The quantitative estimate of drug-likeness (QED) is 0.288. The van der Waals surface area contributed by atoms with Gasteiger partial charge in [-0.1, -0.05) is 42.4 Å². The Hall–Kier alpha value is -4.21. The van der Waals surface area contributed by atoms with Gasteiger partial charge >= 0.3 is 0 Å². The maximum Gasteiger partial charge on any atom is 0.245 e. The lowest BCUT2D eigenvalue weighted by Crippen LogP contribution is -2.39. The second-order valence-electron chi connectivity index (χ2n) is 11.7. The highest BCUT2D eigenvalue weighted by Gasteiger charge is 2.54. The average Bonchev–Trinajstić information content (AvgIpc) is 3.69. The summed E-state index contributed by atoms with van der Waals surface area (Å²) in [4.78, 5) is 34.8. The number of phenolic OH excluding ortho intramolecular Hbond substituents is 1. The van der Waals surface area contributed by atoms with Gasteiger partial charge in [0.15, 0.2) is 5.82 Å². The normalized spacial score (nSPS) is 21.6. The summed E-state index contributed by atoms with van der Waals surface area (Å²) in [7, 11) is 2.04. The Balaban J connectivity index is 1.46. The number of benzene rings is 3. The van der Waals surface area contributed by atoms with Crippen LogP contribution in [0.2, 0.25) is 5.02 Å². The number of likely N-dealkylation sites (tertiary alicyclic amines) is 2. The van der Waals surface area contributed by atoms with E-state index in [0.717, 1.165) is 24.8 Å². The summed E-state index contributed by atoms with van der Waals surface area (Å²) in [6.07, 6.45) is 3.58. The van der Waals surface area contributed by atoms with Crippen molar-refractivity contribution in [2.75, 3.05) is 38.6 Å². The summed E-state index contributed by atoms with van der Waals surface area (Å²) in [5.74, 6) is -1.15. The van der Waals surface area contributed by atoms with E-state index in [2.05, 4.69) is 21.8 Å². The van der Waals surface area contributed by atoms with Crippen molar-refractivity contribution in [1.82, 2.24) is 14.8 Å². The second-order valence-corrected chi connectivity index (χ2v) is 12.1. The van der Waals surface area contributed by atoms with Crippen LogP contribution >= 0.6 is 11.6 Å². The van der Waals surface area contributed by atoms with Gasteiger partial charge in [-0.15, -0.1) is 0 Å². The topological polar surface area (TPSA) is 95.0 Å². The number of rotatable bonds is 5. The number of aromatic hydroxyl groups is 1. The van der Waals surface area contributed by atoms with Gasteiger partial charge in [0.2, 0.25) is 17.7 Å². The standard InChI is InChI=1S/C33H30ClFN4O4/c1-3-25(41)39-12-10-33(17-39)27-23-15-24(34)26(22-14-20(40)13-18-7-4-5-9-21(18)22)28(35)29(23)36-31(30(27)37-32(33)42)43-16-19-8-6-11-38(19)2/h3-5,7,9,13-15,19,40H,1,6,8,10-12,16-17H2,2H3,(H,37,42)/t19-,33?/m0/s1. The first-order valence-electron chi connectivity index (χ1n) is 14.4. The molecule has 43 heavy (non-hydrogen) atoms. The van der Waals surface area contributed by atoms with E-state index in [-0.39, 0.29) is 52.1 Å². The minimum absolute atomic E-state index is 0.00437. The molecule has 0 bridgehead atoms. The first-order valence-corrected chi connectivity index (χ1v) is 14.7.